The summed E-state index contributed by atoms with van der Waals surface area (Å²) in [4.78, 5) is 13.5. The molecule has 2 rings (SSSR count). The molecule has 17 heavy (non-hydrogen) atoms. The quantitative estimate of drug-likeness (QED) is 0.689. The zero-order chi connectivity index (χ0) is 12.5. The van der Waals surface area contributed by atoms with Gasteiger partial charge in [0.05, 0.1) is 18.8 Å². The number of nitrogens with zero attached hydrogens (tertiary/aromatic N) is 1. The van der Waals surface area contributed by atoms with Gasteiger partial charge in [-0.2, -0.15) is 0 Å². The van der Waals surface area contributed by atoms with Crippen molar-refractivity contribution in [3.63, 3.8) is 0 Å². The fourth-order valence-electron chi connectivity index (χ4n) is 1.95. The Morgan fingerprint density at radius 1 is 1.53 bits per heavy atom. The van der Waals surface area contributed by atoms with Crippen LogP contribution in [0.2, 0.25) is 0 Å². The highest BCUT2D eigenvalue weighted by Gasteiger charge is 2.32. The molecular formula is C12H20N2O3. The topological polar surface area (TPSA) is 50.8 Å². The number of nitrogens with one attached hydrogen (secondary N) is 1. The largest absolute Gasteiger partial charge is 0.443 e. The van der Waals surface area contributed by atoms with Crippen molar-refractivity contribution in [2.75, 3.05) is 19.7 Å². The second kappa shape index (κ2) is 4.66. The van der Waals surface area contributed by atoms with Crippen LogP contribution < -0.4 is 5.32 Å². The standard InChI is InChI=1S/C12H20N2O3/c1-12(2,3)17-11(15)14-6-4-10-9(8-14)13-5-7-16-10/h4,6,9-10,13H,5,7-8H2,1-3H3/t9-,10-/m1/s1. The maximum absolute atomic E-state index is 11.9. The number of fused-ring (bicyclic) bond motifs is 1. The van der Waals surface area contributed by atoms with Crippen molar-refractivity contribution in [3.8, 4) is 0 Å². The van der Waals surface area contributed by atoms with E-state index in [2.05, 4.69) is 5.32 Å². The Morgan fingerprint density at radius 2 is 2.29 bits per heavy atom. The molecule has 0 spiro atoms. The minimum absolute atomic E-state index is 0.0717. The number of morpholine rings is 1. The van der Waals surface area contributed by atoms with E-state index < -0.39 is 5.60 Å². The summed E-state index contributed by atoms with van der Waals surface area (Å²) in [5.41, 5.74) is -0.460. The van der Waals surface area contributed by atoms with E-state index in [1.165, 1.54) is 0 Å². The molecule has 0 radical (unpaired) electrons. The fraction of sp³-hybridized carbons (Fsp3) is 0.750. The average Bonchev–Trinajstić information content (AvgIpc) is 2.26. The molecule has 2 atom stereocenters. The van der Waals surface area contributed by atoms with Crippen molar-refractivity contribution in [2.45, 2.75) is 38.5 Å². The van der Waals surface area contributed by atoms with E-state index in [1.54, 1.807) is 11.1 Å². The van der Waals surface area contributed by atoms with Gasteiger partial charge >= 0.3 is 6.09 Å². The van der Waals surface area contributed by atoms with Gasteiger partial charge in [0.25, 0.3) is 0 Å². The number of amides is 1. The number of hydrogen-bond acceptors (Lipinski definition) is 4. The normalized spacial score (nSPS) is 28.8. The molecule has 0 aromatic rings. The van der Waals surface area contributed by atoms with Crippen LogP contribution in [0.4, 0.5) is 4.79 Å². The molecule has 0 bridgehead atoms. The highest BCUT2D eigenvalue weighted by Crippen LogP contribution is 2.17. The molecule has 5 heteroatoms. The molecule has 1 amide bonds. The second-order valence-corrected chi connectivity index (χ2v) is 5.37. The lowest BCUT2D eigenvalue weighted by Crippen LogP contribution is -2.55. The third-order valence-electron chi connectivity index (χ3n) is 2.69. The molecule has 2 aliphatic rings. The molecule has 0 aromatic heterocycles. The summed E-state index contributed by atoms with van der Waals surface area (Å²) in [6.07, 6.45) is 3.42. The Kier molecular flexibility index (Phi) is 3.40. The molecule has 96 valence electrons. The Bertz CT molecular complexity index is 322. The monoisotopic (exact) mass is 240 g/mol. The van der Waals surface area contributed by atoms with E-state index in [4.69, 9.17) is 9.47 Å². The Labute approximate surface area is 102 Å². The first-order valence-electron chi connectivity index (χ1n) is 5.99. The predicted octanol–water partition coefficient (Wildman–Crippen LogP) is 1.11. The van der Waals surface area contributed by atoms with Crippen LogP contribution in [0, 0.1) is 0 Å². The lowest BCUT2D eigenvalue weighted by molar-refractivity contribution is -0.00128. The van der Waals surface area contributed by atoms with Crippen molar-refractivity contribution < 1.29 is 14.3 Å². The van der Waals surface area contributed by atoms with E-state index in [0.29, 0.717) is 6.54 Å². The molecule has 2 aliphatic heterocycles. The summed E-state index contributed by atoms with van der Waals surface area (Å²) in [6, 6.07) is 0.168. The van der Waals surface area contributed by atoms with Gasteiger partial charge in [0, 0.05) is 19.3 Å². The van der Waals surface area contributed by atoms with Gasteiger partial charge in [-0.3, -0.25) is 4.90 Å². The molecule has 2 heterocycles. The van der Waals surface area contributed by atoms with Crippen LogP contribution >= 0.6 is 0 Å². The van der Waals surface area contributed by atoms with Crippen molar-refractivity contribution in [1.82, 2.24) is 10.2 Å². The zero-order valence-electron chi connectivity index (χ0n) is 10.6. The van der Waals surface area contributed by atoms with Gasteiger partial charge in [-0.1, -0.05) is 0 Å². The van der Waals surface area contributed by atoms with Crippen molar-refractivity contribution in [1.29, 1.82) is 0 Å². The number of hydrogen-bond donors (Lipinski definition) is 1. The first-order valence-corrected chi connectivity index (χ1v) is 5.99. The molecule has 1 N–H and O–H groups in total. The minimum atomic E-state index is -0.460. The summed E-state index contributed by atoms with van der Waals surface area (Å²) in [5, 5.41) is 3.34. The second-order valence-electron chi connectivity index (χ2n) is 5.37. The van der Waals surface area contributed by atoms with E-state index in [-0.39, 0.29) is 18.2 Å². The Hall–Kier alpha value is -1.07. The lowest BCUT2D eigenvalue weighted by Gasteiger charge is -2.37. The van der Waals surface area contributed by atoms with Crippen LogP contribution in [0.25, 0.3) is 0 Å². The van der Waals surface area contributed by atoms with E-state index in [1.807, 2.05) is 26.8 Å². The molecule has 0 aliphatic carbocycles. The molecule has 1 saturated heterocycles. The highest BCUT2D eigenvalue weighted by atomic mass is 16.6. The first kappa shape index (κ1) is 12.4. The van der Waals surface area contributed by atoms with Gasteiger partial charge in [-0.25, -0.2) is 4.79 Å². The number of carbonyl (C=O) groups excluding carboxylic acids is 1. The Balaban J connectivity index is 1.97. The average molecular weight is 240 g/mol. The molecule has 0 unspecified atom stereocenters. The summed E-state index contributed by atoms with van der Waals surface area (Å²) in [5.74, 6) is 0. The minimum Gasteiger partial charge on any atom is -0.443 e. The van der Waals surface area contributed by atoms with Crippen LogP contribution in [0.15, 0.2) is 12.3 Å². The third kappa shape index (κ3) is 3.20. The number of rotatable bonds is 0. The smallest absolute Gasteiger partial charge is 0.414 e. The molecular weight excluding hydrogens is 220 g/mol. The van der Waals surface area contributed by atoms with Gasteiger partial charge in [-0.15, -0.1) is 0 Å². The lowest BCUT2D eigenvalue weighted by atomic mass is 10.1. The van der Waals surface area contributed by atoms with Crippen molar-refractivity contribution in [3.05, 3.63) is 12.3 Å². The Morgan fingerprint density at radius 3 is 3.00 bits per heavy atom. The third-order valence-corrected chi connectivity index (χ3v) is 2.69. The summed E-state index contributed by atoms with van der Waals surface area (Å²) in [6.45, 7) is 7.74. The van der Waals surface area contributed by atoms with Crippen molar-refractivity contribution >= 4 is 6.09 Å². The van der Waals surface area contributed by atoms with E-state index in [0.717, 1.165) is 13.2 Å². The van der Waals surface area contributed by atoms with E-state index in [9.17, 15) is 4.79 Å². The van der Waals surface area contributed by atoms with Crippen LogP contribution in [-0.2, 0) is 9.47 Å². The predicted molar refractivity (Wildman–Crippen MR) is 63.6 cm³/mol. The van der Waals surface area contributed by atoms with Gasteiger partial charge in [0.15, 0.2) is 0 Å². The fourth-order valence-corrected chi connectivity index (χ4v) is 1.95. The van der Waals surface area contributed by atoms with E-state index >= 15 is 0 Å². The number of ether oxygens (including phenoxy) is 2. The summed E-state index contributed by atoms with van der Waals surface area (Å²) >= 11 is 0. The van der Waals surface area contributed by atoms with Crippen molar-refractivity contribution in [2.24, 2.45) is 0 Å². The first-order chi connectivity index (χ1) is 7.96. The molecule has 0 saturated carbocycles. The number of carbonyl (C=O) groups is 1. The molecule has 5 nitrogen and oxygen atoms in total. The maximum atomic E-state index is 11.9. The van der Waals surface area contributed by atoms with Gasteiger partial charge in [-0.05, 0) is 26.8 Å². The van der Waals surface area contributed by atoms with Gasteiger partial charge in [0.2, 0.25) is 0 Å². The summed E-state index contributed by atoms with van der Waals surface area (Å²) < 4.78 is 10.9. The zero-order valence-corrected chi connectivity index (χ0v) is 10.6. The van der Waals surface area contributed by atoms with Crippen LogP contribution in [0.1, 0.15) is 20.8 Å². The van der Waals surface area contributed by atoms with Crippen LogP contribution in [0.5, 0.6) is 0 Å². The molecule has 1 fully saturated rings. The molecule has 0 aromatic carbocycles. The highest BCUT2D eigenvalue weighted by molar-refractivity contribution is 5.69. The van der Waals surface area contributed by atoms with Gasteiger partial charge < -0.3 is 14.8 Å². The summed E-state index contributed by atoms with van der Waals surface area (Å²) in [7, 11) is 0. The SMILES string of the molecule is CC(C)(C)OC(=O)N1C=C[C@H]2OCCN[C@@H]2C1. The maximum Gasteiger partial charge on any atom is 0.414 e. The van der Waals surface area contributed by atoms with Gasteiger partial charge in [0.1, 0.15) is 5.60 Å². The van der Waals surface area contributed by atoms with Crippen LogP contribution in [-0.4, -0.2) is 48.4 Å². The van der Waals surface area contributed by atoms with Crippen LogP contribution in [0.3, 0.4) is 0 Å².